The number of amidine groups is 1. The van der Waals surface area contributed by atoms with Gasteiger partial charge in [0.05, 0.1) is 0 Å². The van der Waals surface area contributed by atoms with Crippen LogP contribution in [0.15, 0.2) is 5.16 Å². The van der Waals surface area contributed by atoms with Crippen molar-refractivity contribution >= 4 is 5.84 Å². The summed E-state index contributed by atoms with van der Waals surface area (Å²) in [6.07, 6.45) is 3.73. The molecule has 5 N–H and O–H groups in total. The van der Waals surface area contributed by atoms with E-state index in [0.717, 1.165) is 32.2 Å². The molecule has 0 amide bonds. The minimum Gasteiger partial charge on any atom is -0.409 e. The molecule has 5 nitrogen and oxygen atoms in total. The molecule has 0 aromatic rings. The zero-order valence-corrected chi connectivity index (χ0v) is 13.7. The number of hydrogen-bond acceptors (Lipinski definition) is 4. The van der Waals surface area contributed by atoms with Gasteiger partial charge in [-0.05, 0) is 31.2 Å². The van der Waals surface area contributed by atoms with E-state index in [9.17, 15) is 0 Å². The Morgan fingerprint density at radius 3 is 2.25 bits per heavy atom. The van der Waals surface area contributed by atoms with Crippen LogP contribution in [0, 0.1) is 10.8 Å². The lowest BCUT2D eigenvalue weighted by molar-refractivity contribution is 0.197. The molecule has 1 atom stereocenters. The van der Waals surface area contributed by atoms with Gasteiger partial charge in [0.1, 0.15) is 5.84 Å². The van der Waals surface area contributed by atoms with Crippen molar-refractivity contribution in [3.63, 3.8) is 0 Å². The average Bonchev–Trinajstić information content (AvgIpc) is 2.34. The van der Waals surface area contributed by atoms with Crippen molar-refractivity contribution in [2.24, 2.45) is 21.7 Å². The van der Waals surface area contributed by atoms with Gasteiger partial charge < -0.3 is 21.4 Å². The fourth-order valence-electron chi connectivity index (χ4n) is 2.20. The van der Waals surface area contributed by atoms with Crippen LogP contribution in [0.1, 0.15) is 60.3 Å². The fraction of sp³-hybridized carbons (Fsp3) is 0.933. The lowest BCUT2D eigenvalue weighted by atomic mass is 9.84. The summed E-state index contributed by atoms with van der Waals surface area (Å²) in [7, 11) is 0. The number of oxime groups is 1. The highest BCUT2D eigenvalue weighted by Crippen LogP contribution is 2.24. The van der Waals surface area contributed by atoms with Crippen molar-refractivity contribution < 1.29 is 10.3 Å². The maximum absolute atomic E-state index is 9.11. The summed E-state index contributed by atoms with van der Waals surface area (Å²) in [6, 6.07) is 0.324. The Labute approximate surface area is 123 Å². The van der Waals surface area contributed by atoms with Crippen molar-refractivity contribution in [1.82, 2.24) is 5.32 Å². The molecular formula is C15H33N3O2. The molecule has 0 rings (SSSR count). The molecule has 1 unspecified atom stereocenters. The average molecular weight is 287 g/mol. The van der Waals surface area contributed by atoms with E-state index < -0.39 is 0 Å². The lowest BCUT2D eigenvalue weighted by Gasteiger charge is -2.31. The van der Waals surface area contributed by atoms with Gasteiger partial charge in [-0.3, -0.25) is 0 Å². The SMILES string of the molecule is CC(C)(CCCCNC(CCO)C(C)(C)C)C(N)=NO. The zero-order chi connectivity index (χ0) is 15.8. The maximum atomic E-state index is 9.11. The predicted octanol–water partition coefficient (Wildman–Crippen LogP) is 2.32. The zero-order valence-electron chi connectivity index (χ0n) is 13.7. The second-order valence-electron chi connectivity index (χ2n) is 7.21. The Bertz CT molecular complexity index is 296. The summed E-state index contributed by atoms with van der Waals surface area (Å²) in [5.74, 6) is 0.290. The Morgan fingerprint density at radius 1 is 1.20 bits per heavy atom. The molecule has 0 aromatic carbocycles. The molecule has 0 spiro atoms. The number of aliphatic hydroxyl groups excluding tert-OH is 1. The van der Waals surface area contributed by atoms with Gasteiger partial charge >= 0.3 is 0 Å². The Kier molecular flexibility index (Phi) is 8.13. The number of nitrogens with two attached hydrogens (primary N) is 1. The van der Waals surface area contributed by atoms with Gasteiger partial charge in [0.2, 0.25) is 0 Å². The second kappa shape index (κ2) is 8.47. The molecule has 0 aromatic heterocycles. The van der Waals surface area contributed by atoms with Gasteiger partial charge in [0.25, 0.3) is 0 Å². The highest BCUT2D eigenvalue weighted by atomic mass is 16.4. The van der Waals surface area contributed by atoms with E-state index in [-0.39, 0.29) is 17.4 Å². The molecule has 0 aliphatic carbocycles. The van der Waals surface area contributed by atoms with E-state index in [2.05, 4.69) is 31.2 Å². The molecule has 0 saturated heterocycles. The molecule has 0 saturated carbocycles. The summed E-state index contributed by atoms with van der Waals surface area (Å²) in [6.45, 7) is 11.7. The van der Waals surface area contributed by atoms with Crippen LogP contribution in [0.4, 0.5) is 0 Å². The number of rotatable bonds is 9. The van der Waals surface area contributed by atoms with Gasteiger partial charge in [-0.2, -0.15) is 0 Å². The molecule has 5 heteroatoms. The lowest BCUT2D eigenvalue weighted by Crippen LogP contribution is -2.41. The van der Waals surface area contributed by atoms with Gasteiger partial charge in [-0.1, -0.05) is 46.2 Å². The topological polar surface area (TPSA) is 90.9 Å². The summed E-state index contributed by atoms with van der Waals surface area (Å²) < 4.78 is 0. The highest BCUT2D eigenvalue weighted by molar-refractivity contribution is 5.85. The highest BCUT2D eigenvalue weighted by Gasteiger charge is 2.24. The monoisotopic (exact) mass is 287 g/mol. The number of aliphatic hydroxyl groups is 1. The van der Waals surface area contributed by atoms with Gasteiger partial charge in [-0.15, -0.1) is 0 Å². The van der Waals surface area contributed by atoms with Gasteiger partial charge in [-0.25, -0.2) is 0 Å². The van der Waals surface area contributed by atoms with Crippen LogP contribution in [0.25, 0.3) is 0 Å². The van der Waals surface area contributed by atoms with E-state index in [4.69, 9.17) is 16.0 Å². The summed E-state index contributed by atoms with van der Waals surface area (Å²) in [5.41, 5.74) is 5.56. The van der Waals surface area contributed by atoms with E-state index in [1.165, 1.54) is 0 Å². The molecule has 0 fully saturated rings. The first-order valence-corrected chi connectivity index (χ1v) is 7.47. The maximum Gasteiger partial charge on any atom is 0.144 e. The third kappa shape index (κ3) is 7.10. The fourth-order valence-corrected chi connectivity index (χ4v) is 2.20. The molecule has 20 heavy (non-hydrogen) atoms. The molecule has 0 heterocycles. The quantitative estimate of drug-likeness (QED) is 0.172. The summed E-state index contributed by atoms with van der Waals surface area (Å²) in [5, 5.41) is 24.4. The Balaban J connectivity index is 4.02. The number of hydrogen-bond donors (Lipinski definition) is 4. The molecule has 0 radical (unpaired) electrons. The van der Waals surface area contributed by atoms with Crippen molar-refractivity contribution in [1.29, 1.82) is 0 Å². The number of nitrogens with zero attached hydrogens (tertiary/aromatic N) is 1. The van der Waals surface area contributed by atoms with Gasteiger partial charge in [0.15, 0.2) is 0 Å². The van der Waals surface area contributed by atoms with Crippen LogP contribution in [0.2, 0.25) is 0 Å². The van der Waals surface area contributed by atoms with Crippen LogP contribution in [-0.4, -0.2) is 35.3 Å². The van der Waals surface area contributed by atoms with Crippen LogP contribution < -0.4 is 11.1 Å². The van der Waals surface area contributed by atoms with Crippen molar-refractivity contribution in [3.8, 4) is 0 Å². The van der Waals surface area contributed by atoms with E-state index in [1.54, 1.807) is 0 Å². The first kappa shape index (κ1) is 19.2. The minimum atomic E-state index is -0.261. The first-order chi connectivity index (χ1) is 9.15. The largest absolute Gasteiger partial charge is 0.409 e. The third-order valence-corrected chi connectivity index (χ3v) is 3.88. The standard InChI is InChI=1S/C15H33N3O2/c1-14(2,3)12(8-11-19)17-10-7-6-9-15(4,5)13(16)18-20/h12,17,19-20H,6-11H2,1-5H3,(H2,16,18). The third-order valence-electron chi connectivity index (χ3n) is 3.88. The predicted molar refractivity (Wildman–Crippen MR) is 84.0 cm³/mol. The van der Waals surface area contributed by atoms with Crippen LogP contribution >= 0.6 is 0 Å². The van der Waals surface area contributed by atoms with Crippen LogP contribution in [-0.2, 0) is 0 Å². The minimum absolute atomic E-state index is 0.149. The van der Waals surface area contributed by atoms with E-state index in [1.807, 2.05) is 13.8 Å². The first-order valence-electron chi connectivity index (χ1n) is 7.47. The molecule has 0 aliphatic rings. The molecule has 0 bridgehead atoms. The normalized spacial score (nSPS) is 15.4. The number of unbranched alkanes of at least 4 members (excludes halogenated alkanes) is 1. The van der Waals surface area contributed by atoms with Crippen molar-refractivity contribution in [3.05, 3.63) is 0 Å². The molecule has 120 valence electrons. The van der Waals surface area contributed by atoms with Crippen LogP contribution in [0.5, 0.6) is 0 Å². The Morgan fingerprint density at radius 2 is 1.80 bits per heavy atom. The molecular weight excluding hydrogens is 254 g/mol. The van der Waals surface area contributed by atoms with Crippen molar-refractivity contribution in [2.45, 2.75) is 66.3 Å². The molecule has 0 aliphatic heterocycles. The van der Waals surface area contributed by atoms with Crippen LogP contribution in [0.3, 0.4) is 0 Å². The summed E-state index contributed by atoms with van der Waals surface area (Å²) in [4.78, 5) is 0. The van der Waals surface area contributed by atoms with Gasteiger partial charge in [0, 0.05) is 18.1 Å². The van der Waals surface area contributed by atoms with E-state index in [0.29, 0.717) is 11.9 Å². The second-order valence-corrected chi connectivity index (χ2v) is 7.21. The van der Waals surface area contributed by atoms with E-state index >= 15 is 0 Å². The number of nitrogens with one attached hydrogen (secondary N) is 1. The van der Waals surface area contributed by atoms with Crippen molar-refractivity contribution in [2.75, 3.05) is 13.2 Å². The smallest absolute Gasteiger partial charge is 0.144 e. The summed E-state index contributed by atoms with van der Waals surface area (Å²) >= 11 is 0. The Hall–Kier alpha value is -0.810.